The number of hydrogen-bond donors (Lipinski definition) is 1. The monoisotopic (exact) mass is 300 g/mol. The van der Waals surface area contributed by atoms with Gasteiger partial charge in [-0.25, -0.2) is 0 Å². The molecule has 0 atom stereocenters. The Hall–Kier alpha value is -1.72. The predicted octanol–water partition coefficient (Wildman–Crippen LogP) is 3.99. The Labute approximate surface area is 124 Å². The third kappa shape index (κ3) is 1.77. The summed E-state index contributed by atoms with van der Waals surface area (Å²) < 4.78 is 2.05. The maximum absolute atomic E-state index is 12.8. The van der Waals surface area contributed by atoms with Crippen molar-refractivity contribution < 1.29 is 0 Å². The van der Waals surface area contributed by atoms with Gasteiger partial charge in [0.2, 0.25) is 0 Å². The second-order valence-electron chi connectivity index (χ2n) is 5.08. The summed E-state index contributed by atoms with van der Waals surface area (Å²) in [6.45, 7) is 0. The number of hydrogen-bond acceptors (Lipinski definition) is 3. The van der Waals surface area contributed by atoms with E-state index in [1.54, 1.807) is 15.9 Å². The average molecular weight is 300 g/mol. The van der Waals surface area contributed by atoms with Crippen molar-refractivity contribution in [2.24, 2.45) is 0 Å². The van der Waals surface area contributed by atoms with E-state index < -0.39 is 0 Å². The van der Waals surface area contributed by atoms with Crippen LogP contribution in [-0.2, 0) is 0 Å². The molecule has 5 heteroatoms. The molecular formula is C15H12N2OS2. The molecule has 3 aromatic rings. The van der Waals surface area contributed by atoms with Crippen LogP contribution in [-0.4, -0.2) is 9.55 Å². The number of rotatable bonds is 2. The van der Waals surface area contributed by atoms with Crippen molar-refractivity contribution in [1.29, 1.82) is 0 Å². The molecule has 1 aliphatic rings. The van der Waals surface area contributed by atoms with E-state index in [0.29, 0.717) is 10.7 Å². The van der Waals surface area contributed by atoms with Gasteiger partial charge in [-0.1, -0.05) is 18.2 Å². The normalized spacial score (nSPS) is 14.8. The number of nitrogens with one attached hydrogen (secondary N) is 1. The lowest BCUT2D eigenvalue weighted by Gasteiger charge is -2.06. The van der Waals surface area contributed by atoms with Gasteiger partial charge in [0.1, 0.15) is 4.83 Å². The molecule has 3 nitrogen and oxygen atoms in total. The fourth-order valence-electron chi connectivity index (χ4n) is 2.55. The van der Waals surface area contributed by atoms with Crippen LogP contribution < -0.4 is 5.56 Å². The van der Waals surface area contributed by atoms with E-state index in [9.17, 15) is 4.79 Å². The van der Waals surface area contributed by atoms with Crippen LogP contribution in [0.2, 0.25) is 0 Å². The smallest absolute Gasteiger partial charge is 0.267 e. The first-order chi connectivity index (χ1) is 9.75. The highest BCUT2D eigenvalue weighted by molar-refractivity contribution is 7.71. The van der Waals surface area contributed by atoms with Gasteiger partial charge < -0.3 is 4.98 Å². The van der Waals surface area contributed by atoms with Gasteiger partial charge in [-0.05, 0) is 54.1 Å². The summed E-state index contributed by atoms with van der Waals surface area (Å²) in [6.07, 6.45) is 2.37. The largest absolute Gasteiger partial charge is 0.323 e. The number of H-pyrrole nitrogens is 1. The van der Waals surface area contributed by atoms with Crippen LogP contribution in [0.3, 0.4) is 0 Å². The average Bonchev–Trinajstić information content (AvgIpc) is 3.21. The number of aromatic nitrogens is 2. The summed E-state index contributed by atoms with van der Waals surface area (Å²) >= 11 is 6.93. The molecule has 0 amide bonds. The number of nitrogens with zero attached hydrogens (tertiary/aromatic N) is 1. The summed E-state index contributed by atoms with van der Waals surface area (Å²) in [5.74, 6) is 0.560. The van der Waals surface area contributed by atoms with Crippen LogP contribution in [0.5, 0.6) is 0 Å². The first-order valence-electron chi connectivity index (χ1n) is 6.57. The van der Waals surface area contributed by atoms with Crippen molar-refractivity contribution in [3.8, 4) is 5.69 Å². The Morgan fingerprint density at radius 3 is 2.70 bits per heavy atom. The third-order valence-electron chi connectivity index (χ3n) is 3.69. The van der Waals surface area contributed by atoms with Crippen LogP contribution >= 0.6 is 23.6 Å². The van der Waals surface area contributed by atoms with Crippen LogP contribution in [0.15, 0.2) is 40.5 Å². The van der Waals surface area contributed by atoms with Crippen molar-refractivity contribution in [3.63, 3.8) is 0 Å². The van der Waals surface area contributed by atoms with Crippen molar-refractivity contribution in [2.75, 3.05) is 0 Å². The number of aromatic amines is 1. The van der Waals surface area contributed by atoms with Gasteiger partial charge in [0.25, 0.3) is 5.56 Å². The summed E-state index contributed by atoms with van der Waals surface area (Å²) in [5.41, 5.74) is 2.00. The Bertz CT molecular complexity index is 901. The van der Waals surface area contributed by atoms with Crippen molar-refractivity contribution >= 4 is 33.8 Å². The van der Waals surface area contributed by atoms with E-state index in [1.165, 1.54) is 18.4 Å². The first kappa shape index (κ1) is 12.1. The number of benzene rings is 1. The minimum Gasteiger partial charge on any atom is -0.323 e. The Balaban J connectivity index is 2.09. The van der Waals surface area contributed by atoms with Crippen molar-refractivity contribution in [2.45, 2.75) is 18.8 Å². The molecule has 20 heavy (non-hydrogen) atoms. The Morgan fingerprint density at radius 1 is 1.25 bits per heavy atom. The van der Waals surface area contributed by atoms with E-state index in [0.717, 1.165) is 15.9 Å². The molecule has 1 fully saturated rings. The topological polar surface area (TPSA) is 37.8 Å². The zero-order valence-corrected chi connectivity index (χ0v) is 12.3. The number of fused-ring (bicyclic) bond motifs is 1. The fraction of sp³-hybridized carbons (Fsp3) is 0.200. The molecular weight excluding hydrogens is 288 g/mol. The molecule has 0 unspecified atom stereocenters. The molecule has 2 aromatic heterocycles. The van der Waals surface area contributed by atoms with E-state index in [1.807, 2.05) is 30.3 Å². The van der Waals surface area contributed by atoms with Crippen LogP contribution in [0.4, 0.5) is 0 Å². The molecule has 1 N–H and O–H groups in total. The maximum atomic E-state index is 12.8. The highest BCUT2D eigenvalue weighted by Gasteiger charge is 2.28. The minimum atomic E-state index is -0.00176. The SMILES string of the molecule is O=c1c2c(C3CC3)csc2[nH]c(=S)n1-c1ccccc1. The lowest BCUT2D eigenvalue weighted by Crippen LogP contribution is -2.20. The van der Waals surface area contributed by atoms with Crippen molar-refractivity contribution in [3.05, 3.63) is 56.4 Å². The highest BCUT2D eigenvalue weighted by atomic mass is 32.1. The van der Waals surface area contributed by atoms with E-state index in [4.69, 9.17) is 12.2 Å². The molecule has 1 aliphatic carbocycles. The predicted molar refractivity (Wildman–Crippen MR) is 84.6 cm³/mol. The molecule has 0 radical (unpaired) electrons. The maximum Gasteiger partial charge on any atom is 0.267 e. The van der Waals surface area contributed by atoms with Gasteiger partial charge in [-0.15, -0.1) is 11.3 Å². The molecule has 2 heterocycles. The van der Waals surface area contributed by atoms with Gasteiger partial charge in [-0.2, -0.15) is 0 Å². The van der Waals surface area contributed by atoms with Gasteiger partial charge in [0.05, 0.1) is 11.1 Å². The summed E-state index contributed by atoms with van der Waals surface area (Å²) in [5, 5.41) is 2.92. The minimum absolute atomic E-state index is 0.00176. The molecule has 0 aliphatic heterocycles. The molecule has 0 spiro atoms. The Morgan fingerprint density at radius 2 is 2.00 bits per heavy atom. The second-order valence-corrected chi connectivity index (χ2v) is 6.34. The lowest BCUT2D eigenvalue weighted by molar-refractivity contribution is 0.939. The molecule has 4 rings (SSSR count). The van der Waals surface area contributed by atoms with E-state index >= 15 is 0 Å². The van der Waals surface area contributed by atoms with Gasteiger partial charge in [0.15, 0.2) is 4.77 Å². The van der Waals surface area contributed by atoms with Crippen LogP contribution in [0.1, 0.15) is 24.3 Å². The van der Waals surface area contributed by atoms with Gasteiger partial charge >= 0.3 is 0 Å². The summed E-state index contributed by atoms with van der Waals surface area (Å²) in [7, 11) is 0. The van der Waals surface area contributed by atoms with Gasteiger partial charge in [-0.3, -0.25) is 9.36 Å². The zero-order valence-electron chi connectivity index (χ0n) is 10.6. The molecule has 100 valence electrons. The van der Waals surface area contributed by atoms with E-state index in [2.05, 4.69) is 10.4 Å². The van der Waals surface area contributed by atoms with Gasteiger partial charge in [0, 0.05) is 0 Å². The van der Waals surface area contributed by atoms with Crippen LogP contribution in [0, 0.1) is 4.77 Å². The van der Waals surface area contributed by atoms with Crippen LogP contribution in [0.25, 0.3) is 15.9 Å². The highest BCUT2D eigenvalue weighted by Crippen LogP contribution is 2.43. The quantitative estimate of drug-likeness (QED) is 0.727. The second kappa shape index (κ2) is 4.40. The number of thiophene rings is 1. The number of para-hydroxylation sites is 1. The fourth-order valence-corrected chi connectivity index (χ4v) is 3.94. The molecule has 0 bridgehead atoms. The Kier molecular flexibility index (Phi) is 2.65. The first-order valence-corrected chi connectivity index (χ1v) is 7.86. The summed E-state index contributed by atoms with van der Waals surface area (Å²) in [4.78, 5) is 16.9. The molecule has 0 saturated heterocycles. The lowest BCUT2D eigenvalue weighted by atomic mass is 10.1. The standard InChI is InChI=1S/C15H12N2OS2/c18-14-12-11(9-6-7-9)8-20-13(12)16-15(19)17(14)10-4-2-1-3-5-10/h1-5,8-9H,6-7H2,(H,16,19). The summed E-state index contributed by atoms with van der Waals surface area (Å²) in [6, 6.07) is 9.56. The zero-order chi connectivity index (χ0) is 13.7. The molecule has 1 aromatic carbocycles. The van der Waals surface area contributed by atoms with E-state index in [-0.39, 0.29) is 5.56 Å². The van der Waals surface area contributed by atoms with Crippen molar-refractivity contribution in [1.82, 2.24) is 9.55 Å². The third-order valence-corrected chi connectivity index (χ3v) is 4.89. The molecule has 1 saturated carbocycles.